The summed E-state index contributed by atoms with van der Waals surface area (Å²) in [4.78, 5) is 30.0. The molecule has 0 radical (unpaired) electrons. The maximum absolute atomic E-state index is 12.8. The van der Waals surface area contributed by atoms with Crippen molar-refractivity contribution in [2.45, 2.75) is 33.7 Å². The Bertz CT molecular complexity index is 1050. The van der Waals surface area contributed by atoms with Crippen molar-refractivity contribution >= 4 is 29.4 Å². The third kappa shape index (κ3) is 6.66. The number of rotatable bonds is 10. The third-order valence-corrected chi connectivity index (χ3v) is 5.00. The van der Waals surface area contributed by atoms with Gasteiger partial charge in [0.1, 0.15) is 12.4 Å². The number of nitrogens with zero attached hydrogens (tertiary/aromatic N) is 3. The molecule has 0 aliphatic rings. The standard InChI is InChI=1S/C23H30ClN3O5/c1-5-31-13-14-32-21(16(2)15-18-7-9-19(24)10-8-18)25-20-17(3)22(29)27(11-6-12-28)23(30)26(20)4/h7-10,15,28H,5-6,11-14H2,1-4H3/b16-15-,25-21+. The van der Waals surface area contributed by atoms with E-state index >= 15 is 0 Å². The average molecular weight is 464 g/mol. The molecule has 0 aliphatic heterocycles. The molecule has 1 aromatic carbocycles. The first-order chi connectivity index (χ1) is 15.3. The van der Waals surface area contributed by atoms with Gasteiger partial charge in [-0.2, -0.15) is 4.99 Å². The molecule has 0 amide bonds. The first-order valence-corrected chi connectivity index (χ1v) is 10.8. The molecule has 1 heterocycles. The predicted octanol–water partition coefficient (Wildman–Crippen LogP) is 3.08. The van der Waals surface area contributed by atoms with Gasteiger partial charge in [-0.1, -0.05) is 23.7 Å². The number of aliphatic imine (C=N–C) groups is 1. The van der Waals surface area contributed by atoms with Crippen molar-refractivity contribution in [3.8, 4) is 0 Å². The predicted molar refractivity (Wildman–Crippen MR) is 127 cm³/mol. The van der Waals surface area contributed by atoms with Crippen LogP contribution in [0.2, 0.25) is 5.02 Å². The maximum Gasteiger partial charge on any atom is 0.332 e. The molecule has 0 aliphatic carbocycles. The van der Waals surface area contributed by atoms with E-state index in [1.54, 1.807) is 26.1 Å². The van der Waals surface area contributed by atoms with Gasteiger partial charge in [0.25, 0.3) is 5.56 Å². The van der Waals surface area contributed by atoms with Gasteiger partial charge < -0.3 is 14.6 Å². The Kier molecular flexibility index (Phi) is 9.90. The molecule has 0 saturated heterocycles. The summed E-state index contributed by atoms with van der Waals surface area (Å²) in [5.41, 5.74) is 0.988. The molecule has 0 fully saturated rings. The van der Waals surface area contributed by atoms with Crippen molar-refractivity contribution in [2.75, 3.05) is 26.4 Å². The Balaban J connectivity index is 2.53. The smallest absolute Gasteiger partial charge is 0.332 e. The molecule has 174 valence electrons. The van der Waals surface area contributed by atoms with Crippen molar-refractivity contribution in [1.29, 1.82) is 0 Å². The van der Waals surface area contributed by atoms with Crippen LogP contribution >= 0.6 is 11.6 Å². The van der Waals surface area contributed by atoms with Crippen molar-refractivity contribution in [1.82, 2.24) is 9.13 Å². The van der Waals surface area contributed by atoms with Crippen molar-refractivity contribution in [3.63, 3.8) is 0 Å². The first kappa shape index (κ1) is 25.6. The van der Waals surface area contributed by atoms with Gasteiger partial charge in [-0.25, -0.2) is 4.79 Å². The molecule has 0 bridgehead atoms. The fourth-order valence-corrected chi connectivity index (χ4v) is 3.16. The number of ether oxygens (including phenoxy) is 2. The molecule has 0 spiro atoms. The first-order valence-electron chi connectivity index (χ1n) is 10.4. The highest BCUT2D eigenvalue weighted by molar-refractivity contribution is 6.30. The van der Waals surface area contributed by atoms with E-state index in [0.29, 0.717) is 35.8 Å². The molecular formula is C23H30ClN3O5. The normalized spacial score (nSPS) is 12.3. The van der Waals surface area contributed by atoms with Gasteiger partial charge in [0.2, 0.25) is 5.90 Å². The van der Waals surface area contributed by atoms with Gasteiger partial charge in [0, 0.05) is 37.4 Å². The summed E-state index contributed by atoms with van der Waals surface area (Å²) in [6.07, 6.45) is 2.19. The molecule has 1 N–H and O–H groups in total. The van der Waals surface area contributed by atoms with Crippen LogP contribution in [0.4, 0.5) is 5.82 Å². The summed E-state index contributed by atoms with van der Waals surface area (Å²) in [6, 6.07) is 7.31. The SMILES string of the molecule is CCOCCOC(=N/c1c(C)c(=O)n(CCCO)c(=O)n1C)/C(C)=C\c1ccc(Cl)cc1. The van der Waals surface area contributed by atoms with E-state index in [1.807, 2.05) is 32.1 Å². The van der Waals surface area contributed by atoms with Crippen LogP contribution in [0.5, 0.6) is 0 Å². The monoisotopic (exact) mass is 463 g/mol. The molecule has 1 aromatic heterocycles. The Morgan fingerprint density at radius 2 is 1.91 bits per heavy atom. The van der Waals surface area contributed by atoms with E-state index in [1.165, 1.54) is 4.57 Å². The Morgan fingerprint density at radius 3 is 2.53 bits per heavy atom. The summed E-state index contributed by atoms with van der Waals surface area (Å²) in [5.74, 6) is 0.501. The summed E-state index contributed by atoms with van der Waals surface area (Å²) < 4.78 is 13.6. The van der Waals surface area contributed by atoms with Crippen LogP contribution < -0.4 is 11.2 Å². The second-order valence-electron chi connectivity index (χ2n) is 7.17. The van der Waals surface area contributed by atoms with Crippen molar-refractivity contribution < 1.29 is 14.6 Å². The van der Waals surface area contributed by atoms with Gasteiger partial charge in [-0.3, -0.25) is 13.9 Å². The quantitative estimate of drug-likeness (QED) is 0.332. The Hall–Kier alpha value is -2.68. The van der Waals surface area contributed by atoms with Gasteiger partial charge in [0.15, 0.2) is 0 Å². The summed E-state index contributed by atoms with van der Waals surface area (Å²) in [7, 11) is 1.55. The molecule has 2 rings (SSSR count). The van der Waals surface area contributed by atoms with Gasteiger partial charge in [-0.05, 0) is 51.0 Å². The van der Waals surface area contributed by atoms with E-state index in [0.717, 1.165) is 10.1 Å². The van der Waals surface area contributed by atoms with Crippen LogP contribution in [0.3, 0.4) is 0 Å². The molecule has 2 aromatic rings. The van der Waals surface area contributed by atoms with Crippen LogP contribution in [0.1, 0.15) is 31.4 Å². The summed E-state index contributed by atoms with van der Waals surface area (Å²) in [6.45, 7) is 6.58. The van der Waals surface area contributed by atoms with Crippen molar-refractivity contribution in [2.24, 2.45) is 12.0 Å². The van der Waals surface area contributed by atoms with Crippen LogP contribution in [-0.2, 0) is 23.1 Å². The number of aliphatic hydroxyl groups is 1. The number of hydrogen-bond acceptors (Lipinski definition) is 6. The Labute approximate surface area is 192 Å². The lowest BCUT2D eigenvalue weighted by molar-refractivity contribution is 0.106. The van der Waals surface area contributed by atoms with Crippen LogP contribution in [0.15, 0.2) is 44.4 Å². The highest BCUT2D eigenvalue weighted by Gasteiger charge is 2.16. The molecule has 8 nitrogen and oxygen atoms in total. The maximum atomic E-state index is 12.8. The molecule has 32 heavy (non-hydrogen) atoms. The largest absolute Gasteiger partial charge is 0.475 e. The van der Waals surface area contributed by atoms with Crippen LogP contribution in [-0.4, -0.2) is 46.6 Å². The lowest BCUT2D eigenvalue weighted by Gasteiger charge is -2.15. The molecule has 0 atom stereocenters. The second kappa shape index (κ2) is 12.4. The zero-order valence-corrected chi connectivity index (χ0v) is 19.7. The van der Waals surface area contributed by atoms with E-state index in [9.17, 15) is 9.59 Å². The lowest BCUT2D eigenvalue weighted by Crippen LogP contribution is -2.40. The van der Waals surface area contributed by atoms with E-state index in [-0.39, 0.29) is 31.5 Å². The minimum absolute atomic E-state index is 0.110. The molecule has 0 saturated carbocycles. The average Bonchev–Trinajstić information content (AvgIpc) is 2.78. The van der Waals surface area contributed by atoms with E-state index in [4.69, 9.17) is 26.2 Å². The number of aliphatic hydroxyl groups excluding tert-OH is 1. The van der Waals surface area contributed by atoms with E-state index < -0.39 is 11.2 Å². The van der Waals surface area contributed by atoms with Crippen LogP contribution in [0.25, 0.3) is 6.08 Å². The number of halogens is 1. The van der Waals surface area contributed by atoms with Crippen molar-refractivity contribution in [3.05, 3.63) is 66.8 Å². The summed E-state index contributed by atoms with van der Waals surface area (Å²) in [5, 5.41) is 9.69. The van der Waals surface area contributed by atoms with E-state index in [2.05, 4.69) is 4.99 Å². The fourth-order valence-electron chi connectivity index (χ4n) is 3.04. The molecular weight excluding hydrogens is 434 g/mol. The van der Waals surface area contributed by atoms with Gasteiger partial charge >= 0.3 is 5.69 Å². The van der Waals surface area contributed by atoms with Gasteiger partial charge in [-0.15, -0.1) is 0 Å². The second-order valence-corrected chi connectivity index (χ2v) is 7.60. The number of benzene rings is 1. The minimum atomic E-state index is -0.499. The Morgan fingerprint density at radius 1 is 1.22 bits per heavy atom. The zero-order valence-electron chi connectivity index (χ0n) is 18.9. The zero-order chi connectivity index (χ0) is 23.7. The van der Waals surface area contributed by atoms with Gasteiger partial charge in [0.05, 0.1) is 12.2 Å². The lowest BCUT2D eigenvalue weighted by atomic mass is 10.1. The molecule has 0 unspecified atom stereocenters. The molecule has 9 heteroatoms. The summed E-state index contributed by atoms with van der Waals surface area (Å²) >= 11 is 5.96. The third-order valence-electron chi connectivity index (χ3n) is 4.75. The number of aromatic nitrogens is 2. The van der Waals surface area contributed by atoms with Crippen LogP contribution in [0, 0.1) is 6.92 Å². The topological polar surface area (TPSA) is 95.1 Å². The fraction of sp³-hybridized carbons (Fsp3) is 0.435. The minimum Gasteiger partial charge on any atom is -0.475 e. The highest BCUT2D eigenvalue weighted by atomic mass is 35.5. The highest BCUT2D eigenvalue weighted by Crippen LogP contribution is 2.18. The number of hydrogen-bond donors (Lipinski definition) is 1.